The molecule has 0 spiro atoms. The summed E-state index contributed by atoms with van der Waals surface area (Å²) in [6.07, 6.45) is 1.36. The summed E-state index contributed by atoms with van der Waals surface area (Å²) in [5, 5.41) is 0. The zero-order valence-electron chi connectivity index (χ0n) is 7.36. The predicted octanol–water partition coefficient (Wildman–Crippen LogP) is 2.66. The first-order chi connectivity index (χ1) is 5.41. The Hall–Kier alpha value is -0.990. The maximum atomic E-state index is 12.7. The van der Waals surface area contributed by atoms with Crippen molar-refractivity contribution < 1.29 is 8.78 Å². The lowest BCUT2D eigenvalue weighted by molar-refractivity contribution is 0.469. The lowest BCUT2D eigenvalue weighted by Gasteiger charge is -2.17. The Morgan fingerprint density at radius 2 is 1.83 bits per heavy atom. The third-order valence-corrected chi connectivity index (χ3v) is 1.66. The average molecular weight is 171 g/mol. The van der Waals surface area contributed by atoms with Crippen molar-refractivity contribution in [1.29, 1.82) is 0 Å². The van der Waals surface area contributed by atoms with E-state index < -0.39 is 11.8 Å². The Morgan fingerprint density at radius 3 is 2.25 bits per heavy atom. The van der Waals surface area contributed by atoms with E-state index in [1.807, 2.05) is 20.8 Å². The highest BCUT2D eigenvalue weighted by molar-refractivity contribution is 5.19. The first kappa shape index (κ1) is 9.10. The number of pyridine rings is 1. The van der Waals surface area contributed by atoms with Gasteiger partial charge < -0.3 is 0 Å². The van der Waals surface area contributed by atoms with Gasteiger partial charge in [0.05, 0.1) is 0 Å². The fraction of sp³-hybridized carbons (Fsp3) is 0.444. The molecule has 0 saturated heterocycles. The van der Waals surface area contributed by atoms with Gasteiger partial charge in [-0.1, -0.05) is 20.8 Å². The van der Waals surface area contributed by atoms with Crippen LogP contribution in [0.1, 0.15) is 26.3 Å². The van der Waals surface area contributed by atoms with Crippen LogP contribution in [0.5, 0.6) is 0 Å². The molecule has 1 aromatic rings. The summed E-state index contributed by atoms with van der Waals surface area (Å²) in [5.74, 6) is -1.93. The van der Waals surface area contributed by atoms with Crippen molar-refractivity contribution in [2.75, 3.05) is 0 Å². The summed E-state index contributed by atoms with van der Waals surface area (Å²) >= 11 is 0. The second kappa shape index (κ2) is 2.81. The summed E-state index contributed by atoms with van der Waals surface area (Å²) in [6, 6.07) is 1.18. The lowest BCUT2D eigenvalue weighted by Crippen LogP contribution is -2.12. The minimum Gasteiger partial charge on any atom is -0.225 e. The van der Waals surface area contributed by atoms with Crippen LogP contribution in [0.4, 0.5) is 8.78 Å². The largest absolute Gasteiger partial charge is 0.248 e. The van der Waals surface area contributed by atoms with Crippen LogP contribution >= 0.6 is 0 Å². The molecule has 1 nitrogen and oxygen atoms in total. The number of hydrogen-bond donors (Lipinski definition) is 0. The van der Waals surface area contributed by atoms with Crippen LogP contribution in [0.15, 0.2) is 12.3 Å². The van der Waals surface area contributed by atoms with Gasteiger partial charge in [-0.15, -0.1) is 0 Å². The highest BCUT2D eigenvalue weighted by atomic mass is 19.2. The van der Waals surface area contributed by atoms with Crippen LogP contribution in [0.25, 0.3) is 0 Å². The van der Waals surface area contributed by atoms with Gasteiger partial charge in [0.15, 0.2) is 5.82 Å². The highest BCUT2D eigenvalue weighted by Crippen LogP contribution is 2.22. The Bertz CT molecular complexity index is 289. The van der Waals surface area contributed by atoms with Crippen molar-refractivity contribution in [2.45, 2.75) is 26.2 Å². The standard InChI is InChI=1S/C9H11F2N/c1-9(2,3)6-4-7(10)8(11)12-5-6/h4-5H,1-3H3. The van der Waals surface area contributed by atoms with Crippen LogP contribution in [0.3, 0.4) is 0 Å². The molecule has 1 heterocycles. The molecule has 0 atom stereocenters. The van der Waals surface area contributed by atoms with Gasteiger partial charge in [0, 0.05) is 6.20 Å². The smallest absolute Gasteiger partial charge is 0.225 e. The predicted molar refractivity (Wildman–Crippen MR) is 42.9 cm³/mol. The van der Waals surface area contributed by atoms with Crippen LogP contribution in [0, 0.1) is 11.8 Å². The molecule has 1 rings (SSSR count). The Labute approximate surface area is 70.4 Å². The highest BCUT2D eigenvalue weighted by Gasteiger charge is 2.16. The van der Waals surface area contributed by atoms with E-state index in [1.165, 1.54) is 12.3 Å². The number of nitrogens with zero attached hydrogens (tertiary/aromatic N) is 1. The van der Waals surface area contributed by atoms with E-state index in [4.69, 9.17) is 0 Å². The molecule has 0 saturated carbocycles. The fourth-order valence-corrected chi connectivity index (χ4v) is 0.831. The van der Waals surface area contributed by atoms with Crippen molar-refractivity contribution in [3.63, 3.8) is 0 Å². The molecule has 0 amide bonds. The van der Waals surface area contributed by atoms with Gasteiger partial charge in [-0.2, -0.15) is 4.39 Å². The molecular weight excluding hydrogens is 160 g/mol. The number of rotatable bonds is 0. The van der Waals surface area contributed by atoms with Crippen LogP contribution in [0.2, 0.25) is 0 Å². The van der Waals surface area contributed by atoms with E-state index in [9.17, 15) is 8.78 Å². The molecule has 0 aliphatic carbocycles. The Kier molecular flexibility index (Phi) is 2.13. The first-order valence-corrected chi connectivity index (χ1v) is 3.73. The van der Waals surface area contributed by atoms with Crippen LogP contribution in [-0.4, -0.2) is 4.98 Å². The molecule has 66 valence electrons. The molecule has 3 heteroatoms. The third-order valence-electron chi connectivity index (χ3n) is 1.66. The zero-order valence-corrected chi connectivity index (χ0v) is 7.36. The molecule has 12 heavy (non-hydrogen) atoms. The monoisotopic (exact) mass is 171 g/mol. The SMILES string of the molecule is CC(C)(C)c1cnc(F)c(F)c1. The van der Waals surface area contributed by atoms with Gasteiger partial charge in [-0.3, -0.25) is 0 Å². The maximum Gasteiger partial charge on any atom is 0.248 e. The summed E-state index contributed by atoms with van der Waals surface area (Å²) in [4.78, 5) is 3.30. The topological polar surface area (TPSA) is 12.9 Å². The van der Waals surface area contributed by atoms with Gasteiger partial charge in [-0.05, 0) is 17.0 Å². The second-order valence-electron chi connectivity index (χ2n) is 3.75. The summed E-state index contributed by atoms with van der Waals surface area (Å²) in [5.41, 5.74) is 0.503. The molecule has 0 aliphatic rings. The molecule has 0 aliphatic heterocycles. The Balaban J connectivity index is 3.14. The van der Waals surface area contributed by atoms with Gasteiger partial charge in [-0.25, -0.2) is 9.37 Å². The van der Waals surface area contributed by atoms with Gasteiger partial charge in [0.25, 0.3) is 0 Å². The maximum absolute atomic E-state index is 12.7. The molecule has 0 bridgehead atoms. The van der Waals surface area contributed by atoms with E-state index in [0.717, 1.165) is 0 Å². The molecule has 0 N–H and O–H groups in total. The molecule has 0 radical (unpaired) electrons. The molecule has 0 aromatic carbocycles. The summed E-state index contributed by atoms with van der Waals surface area (Å²) in [7, 11) is 0. The normalized spacial score (nSPS) is 11.8. The zero-order chi connectivity index (χ0) is 9.35. The van der Waals surface area contributed by atoms with Gasteiger partial charge >= 0.3 is 0 Å². The number of aromatic nitrogens is 1. The summed E-state index contributed by atoms with van der Waals surface area (Å²) in [6.45, 7) is 5.75. The van der Waals surface area contributed by atoms with E-state index in [1.54, 1.807) is 0 Å². The Morgan fingerprint density at radius 1 is 1.25 bits per heavy atom. The fourth-order valence-electron chi connectivity index (χ4n) is 0.831. The molecule has 0 unspecified atom stereocenters. The van der Waals surface area contributed by atoms with Crippen molar-refractivity contribution in [3.05, 3.63) is 29.6 Å². The van der Waals surface area contributed by atoms with Crippen molar-refractivity contribution in [3.8, 4) is 0 Å². The molecule has 0 fully saturated rings. The second-order valence-corrected chi connectivity index (χ2v) is 3.75. The number of hydrogen-bond acceptors (Lipinski definition) is 1. The van der Waals surface area contributed by atoms with Gasteiger partial charge in [0.1, 0.15) is 0 Å². The first-order valence-electron chi connectivity index (χ1n) is 3.73. The lowest BCUT2D eigenvalue weighted by atomic mass is 9.88. The van der Waals surface area contributed by atoms with E-state index in [0.29, 0.717) is 5.56 Å². The van der Waals surface area contributed by atoms with E-state index in [2.05, 4.69) is 4.98 Å². The van der Waals surface area contributed by atoms with Crippen molar-refractivity contribution in [2.24, 2.45) is 0 Å². The third kappa shape index (κ3) is 1.78. The van der Waals surface area contributed by atoms with E-state index >= 15 is 0 Å². The van der Waals surface area contributed by atoms with Crippen LogP contribution < -0.4 is 0 Å². The molecule has 1 aromatic heterocycles. The minimum absolute atomic E-state index is 0.193. The molecular formula is C9H11F2N. The van der Waals surface area contributed by atoms with Gasteiger partial charge in [0.2, 0.25) is 5.95 Å². The van der Waals surface area contributed by atoms with Crippen molar-refractivity contribution >= 4 is 0 Å². The van der Waals surface area contributed by atoms with Crippen molar-refractivity contribution in [1.82, 2.24) is 4.98 Å². The number of halogens is 2. The van der Waals surface area contributed by atoms with Crippen LogP contribution in [-0.2, 0) is 5.41 Å². The average Bonchev–Trinajstić information content (AvgIpc) is 1.92. The minimum atomic E-state index is -1.04. The summed E-state index contributed by atoms with van der Waals surface area (Å²) < 4.78 is 25.1. The quantitative estimate of drug-likeness (QED) is 0.547. The van der Waals surface area contributed by atoms with E-state index in [-0.39, 0.29) is 5.41 Å².